The van der Waals surface area contributed by atoms with Crippen molar-refractivity contribution in [3.05, 3.63) is 0 Å². The van der Waals surface area contributed by atoms with Crippen molar-refractivity contribution in [1.29, 1.82) is 0 Å². The number of unbranched alkanes of at least 4 members (excludes halogenated alkanes) is 31. The minimum Gasteiger partial charge on any atom is -0.394 e. The molecule has 12 atom stereocenters. The maximum Gasteiger partial charge on any atom is 0.220 e. The average Bonchev–Trinajstić information content (AvgIpc) is 3.32. The van der Waals surface area contributed by atoms with Crippen molar-refractivity contribution in [3.8, 4) is 0 Å². The van der Waals surface area contributed by atoms with Gasteiger partial charge < -0.3 is 65.1 Å². The van der Waals surface area contributed by atoms with Crippen LogP contribution in [-0.4, -0.2) is 140 Å². The van der Waals surface area contributed by atoms with Crippen molar-refractivity contribution in [1.82, 2.24) is 5.32 Å². The van der Waals surface area contributed by atoms with E-state index >= 15 is 0 Å². The predicted molar refractivity (Wildman–Crippen MR) is 263 cm³/mol. The fourth-order valence-electron chi connectivity index (χ4n) is 9.53. The summed E-state index contributed by atoms with van der Waals surface area (Å²) in [6.45, 7) is 2.86. The summed E-state index contributed by atoms with van der Waals surface area (Å²) in [5.74, 6) is -0.203. The van der Waals surface area contributed by atoms with E-state index in [1.165, 1.54) is 161 Å². The van der Waals surface area contributed by atoms with Gasteiger partial charge in [-0.15, -0.1) is 0 Å². The highest BCUT2D eigenvalue weighted by Gasteiger charge is 2.51. The molecule has 2 rings (SSSR count). The lowest BCUT2D eigenvalue weighted by atomic mass is 9.97. The quantitative estimate of drug-likeness (QED) is 0.0263. The summed E-state index contributed by atoms with van der Waals surface area (Å²) in [5.41, 5.74) is 0. The van der Waals surface area contributed by atoms with Crippen LogP contribution in [0.25, 0.3) is 0 Å². The normalized spacial score (nSPS) is 26.5. The van der Waals surface area contributed by atoms with Crippen LogP contribution in [0.2, 0.25) is 0 Å². The van der Waals surface area contributed by atoms with Crippen LogP contribution >= 0.6 is 0 Å². The molecule has 67 heavy (non-hydrogen) atoms. The number of nitrogens with one attached hydrogen (secondary N) is 1. The van der Waals surface area contributed by atoms with Crippen LogP contribution in [0.15, 0.2) is 0 Å². The highest BCUT2D eigenvalue weighted by atomic mass is 16.7. The number of ether oxygens (including phenoxy) is 4. The van der Waals surface area contributed by atoms with Gasteiger partial charge in [0.25, 0.3) is 0 Å². The number of hydrogen-bond donors (Lipinski definition) is 9. The second-order valence-electron chi connectivity index (χ2n) is 20.1. The van der Waals surface area contributed by atoms with Gasteiger partial charge in [-0.25, -0.2) is 0 Å². The van der Waals surface area contributed by atoms with Crippen molar-refractivity contribution in [2.45, 2.75) is 312 Å². The van der Waals surface area contributed by atoms with Crippen LogP contribution in [0, 0.1) is 0 Å². The van der Waals surface area contributed by atoms with Crippen LogP contribution in [0.3, 0.4) is 0 Å². The standard InChI is InChI=1S/C53H103NO13/c1-3-5-7-9-11-13-15-16-17-18-19-20-21-22-23-24-25-27-29-31-33-35-37-45(58)54-41(42(57)36-34-32-30-28-26-14-12-10-8-6-4-2)40-64-52-50(63)48(61)51(44(39-56)66-52)67-53-49(62)47(60)46(59)43(38-55)65-53/h41-44,46-53,55-57,59-63H,3-40H2,1-2H3,(H,54,58). The maximum atomic E-state index is 13.2. The number of hydrogen-bond acceptors (Lipinski definition) is 13. The lowest BCUT2D eigenvalue weighted by Gasteiger charge is -2.46. The van der Waals surface area contributed by atoms with E-state index in [1.807, 2.05) is 0 Å². The number of carbonyl (C=O) groups excluding carboxylic acids is 1. The van der Waals surface area contributed by atoms with E-state index in [4.69, 9.17) is 18.9 Å². The summed E-state index contributed by atoms with van der Waals surface area (Å²) in [7, 11) is 0. The molecule has 0 saturated carbocycles. The monoisotopic (exact) mass is 962 g/mol. The fraction of sp³-hybridized carbons (Fsp3) is 0.981. The molecule has 398 valence electrons. The Morgan fingerprint density at radius 3 is 1.27 bits per heavy atom. The van der Waals surface area contributed by atoms with E-state index in [0.717, 1.165) is 51.4 Å². The van der Waals surface area contributed by atoms with Crippen LogP contribution in [0.5, 0.6) is 0 Å². The Bertz CT molecular complexity index is 1140. The molecular weight excluding hydrogens is 859 g/mol. The van der Waals surface area contributed by atoms with E-state index in [0.29, 0.717) is 12.8 Å². The summed E-state index contributed by atoms with van der Waals surface area (Å²) >= 11 is 0. The van der Waals surface area contributed by atoms with E-state index < -0.39 is 86.8 Å². The van der Waals surface area contributed by atoms with Gasteiger partial charge in [0.15, 0.2) is 12.6 Å². The topological polar surface area (TPSA) is 228 Å². The molecule has 0 aromatic carbocycles. The Hall–Kier alpha value is -1.01. The number of rotatable bonds is 44. The van der Waals surface area contributed by atoms with Gasteiger partial charge in [0, 0.05) is 6.42 Å². The second-order valence-corrected chi connectivity index (χ2v) is 20.1. The van der Waals surface area contributed by atoms with Gasteiger partial charge in [-0.2, -0.15) is 0 Å². The number of aliphatic hydroxyl groups excluding tert-OH is 8. The van der Waals surface area contributed by atoms with E-state index in [9.17, 15) is 45.6 Å². The first-order chi connectivity index (χ1) is 32.6. The molecule has 0 radical (unpaired) electrons. The smallest absolute Gasteiger partial charge is 0.220 e. The van der Waals surface area contributed by atoms with Gasteiger partial charge in [0.2, 0.25) is 5.91 Å². The molecule has 12 unspecified atom stereocenters. The van der Waals surface area contributed by atoms with E-state index in [-0.39, 0.29) is 12.5 Å². The average molecular weight is 962 g/mol. The van der Waals surface area contributed by atoms with Gasteiger partial charge in [0.05, 0.1) is 32.0 Å². The number of aliphatic hydroxyl groups is 8. The lowest BCUT2D eigenvalue weighted by molar-refractivity contribution is -0.359. The minimum atomic E-state index is -1.78. The van der Waals surface area contributed by atoms with Gasteiger partial charge >= 0.3 is 0 Å². The molecule has 2 aliphatic heterocycles. The molecular formula is C53H103NO13. The largest absolute Gasteiger partial charge is 0.394 e. The Morgan fingerprint density at radius 2 is 0.851 bits per heavy atom. The first-order valence-electron chi connectivity index (χ1n) is 27.8. The Balaban J connectivity index is 1.73. The first kappa shape index (κ1) is 62.1. The van der Waals surface area contributed by atoms with Gasteiger partial charge in [0.1, 0.15) is 48.8 Å². The third-order valence-corrected chi connectivity index (χ3v) is 14.1. The lowest BCUT2D eigenvalue weighted by Crippen LogP contribution is -2.65. The molecule has 0 bridgehead atoms. The van der Waals surface area contributed by atoms with E-state index in [1.54, 1.807) is 0 Å². The number of amides is 1. The molecule has 14 heteroatoms. The summed E-state index contributed by atoms with van der Waals surface area (Å²) in [4.78, 5) is 13.2. The molecule has 1 amide bonds. The zero-order valence-electron chi connectivity index (χ0n) is 42.4. The SMILES string of the molecule is CCCCCCCCCCCCCCCCCCCCCCCCC(=O)NC(COC1OC(CO)C(OC2OC(CO)C(O)C(O)C2O)C(O)C1O)C(O)CCCCCCCCCCCCC. The number of carbonyl (C=O) groups is 1. The van der Waals surface area contributed by atoms with Gasteiger partial charge in [-0.1, -0.05) is 219 Å². The van der Waals surface area contributed by atoms with Crippen LogP contribution < -0.4 is 5.32 Å². The molecule has 2 heterocycles. The summed E-state index contributed by atoms with van der Waals surface area (Å²) in [6, 6.07) is -0.820. The van der Waals surface area contributed by atoms with Crippen LogP contribution in [0.1, 0.15) is 239 Å². The second kappa shape index (κ2) is 40.6. The molecule has 9 N–H and O–H groups in total. The van der Waals surface area contributed by atoms with Crippen molar-refractivity contribution >= 4 is 5.91 Å². The molecule has 14 nitrogen and oxygen atoms in total. The van der Waals surface area contributed by atoms with Crippen LogP contribution in [-0.2, 0) is 23.7 Å². The van der Waals surface area contributed by atoms with Crippen molar-refractivity contribution in [2.75, 3.05) is 19.8 Å². The molecule has 0 aliphatic carbocycles. The Kier molecular flexibility index (Phi) is 37.6. The van der Waals surface area contributed by atoms with Crippen LogP contribution in [0.4, 0.5) is 0 Å². The maximum absolute atomic E-state index is 13.2. The third kappa shape index (κ3) is 27.4. The third-order valence-electron chi connectivity index (χ3n) is 14.1. The molecule has 2 fully saturated rings. The first-order valence-corrected chi connectivity index (χ1v) is 27.8. The Labute approximate surface area is 406 Å². The highest BCUT2D eigenvalue weighted by molar-refractivity contribution is 5.76. The molecule has 2 aliphatic rings. The van der Waals surface area contributed by atoms with Crippen molar-refractivity contribution in [3.63, 3.8) is 0 Å². The van der Waals surface area contributed by atoms with Crippen molar-refractivity contribution < 1.29 is 64.6 Å². The zero-order chi connectivity index (χ0) is 48.9. The summed E-state index contributed by atoms with van der Waals surface area (Å²) < 4.78 is 22.8. The molecule has 0 spiro atoms. The Morgan fingerprint density at radius 1 is 0.478 bits per heavy atom. The molecule has 0 aromatic rings. The molecule has 2 saturated heterocycles. The predicted octanol–water partition coefficient (Wildman–Crippen LogP) is 8.17. The fourth-order valence-corrected chi connectivity index (χ4v) is 9.53. The summed E-state index contributed by atoms with van der Waals surface area (Å²) in [6.07, 6.45) is 25.4. The van der Waals surface area contributed by atoms with Gasteiger partial charge in [-0.05, 0) is 12.8 Å². The van der Waals surface area contributed by atoms with Crippen molar-refractivity contribution in [2.24, 2.45) is 0 Å². The summed E-state index contributed by atoms with van der Waals surface area (Å²) in [5, 5.41) is 86.9. The molecule has 0 aromatic heterocycles. The zero-order valence-corrected chi connectivity index (χ0v) is 42.4. The van der Waals surface area contributed by atoms with E-state index in [2.05, 4.69) is 19.2 Å². The highest BCUT2D eigenvalue weighted by Crippen LogP contribution is 2.30. The minimum absolute atomic E-state index is 0.203. The van der Waals surface area contributed by atoms with Gasteiger partial charge in [-0.3, -0.25) is 4.79 Å².